The molecule has 0 atom stereocenters. The molecule has 2 nitrogen and oxygen atoms in total. The minimum atomic E-state index is -0.929. The number of carboxylic acid groups (broad SMARTS) is 1. The molecule has 2 heteroatoms. The van der Waals surface area contributed by atoms with Gasteiger partial charge in [-0.25, -0.2) is 4.79 Å². The first-order valence-electron chi connectivity index (χ1n) is 6.80. The molecule has 0 saturated carbocycles. The summed E-state index contributed by atoms with van der Waals surface area (Å²) >= 11 is 0. The Morgan fingerprint density at radius 2 is 1.60 bits per heavy atom. The summed E-state index contributed by atoms with van der Waals surface area (Å²) in [5, 5.41) is 9.07. The van der Waals surface area contributed by atoms with Crippen LogP contribution in [0, 0.1) is 0 Å². The molecule has 0 radical (unpaired) electrons. The monoisotopic (exact) mass is 266 g/mol. The fraction of sp³-hybridized carbons (Fsp3) is 0.167. The molecule has 0 bridgehead atoms. The summed E-state index contributed by atoms with van der Waals surface area (Å²) in [6.45, 7) is 2.15. The molecular weight excluding hydrogens is 248 g/mol. The summed E-state index contributed by atoms with van der Waals surface area (Å²) in [7, 11) is 0. The van der Waals surface area contributed by atoms with E-state index < -0.39 is 5.97 Å². The predicted octanol–water partition coefficient (Wildman–Crippen LogP) is 4.16. The number of aryl methyl sites for hydroxylation is 1. The standard InChI is InChI=1S/C18H18O2/c1-2-6-14-9-11-16(12-10-14)17(13-18(19)20)15-7-4-3-5-8-15/h3-5,7-13H,2,6H2,1H3,(H,19,20)/b17-13+. The van der Waals surface area contributed by atoms with Crippen molar-refractivity contribution in [2.75, 3.05) is 0 Å². The summed E-state index contributed by atoms with van der Waals surface area (Å²) in [6.07, 6.45) is 3.42. The second-order valence-corrected chi connectivity index (χ2v) is 4.71. The highest BCUT2D eigenvalue weighted by Gasteiger charge is 2.07. The van der Waals surface area contributed by atoms with Gasteiger partial charge < -0.3 is 5.11 Å². The van der Waals surface area contributed by atoms with Gasteiger partial charge >= 0.3 is 5.97 Å². The van der Waals surface area contributed by atoms with Gasteiger partial charge in [-0.05, 0) is 28.7 Å². The molecule has 0 aromatic heterocycles. The Hall–Kier alpha value is -2.35. The molecule has 0 fully saturated rings. The molecule has 0 unspecified atom stereocenters. The summed E-state index contributed by atoms with van der Waals surface area (Å²) in [4.78, 5) is 11.0. The third-order valence-corrected chi connectivity index (χ3v) is 3.16. The number of rotatable bonds is 5. The lowest BCUT2D eigenvalue weighted by atomic mass is 9.96. The minimum absolute atomic E-state index is 0.737. The summed E-state index contributed by atoms with van der Waals surface area (Å²) < 4.78 is 0. The van der Waals surface area contributed by atoms with Crippen LogP contribution in [0.4, 0.5) is 0 Å². The zero-order valence-corrected chi connectivity index (χ0v) is 11.5. The summed E-state index contributed by atoms with van der Waals surface area (Å²) in [5.41, 5.74) is 3.86. The topological polar surface area (TPSA) is 37.3 Å². The number of hydrogen-bond acceptors (Lipinski definition) is 1. The molecule has 2 rings (SSSR count). The first kappa shape index (κ1) is 14.1. The van der Waals surface area contributed by atoms with Gasteiger partial charge in [0.25, 0.3) is 0 Å². The zero-order chi connectivity index (χ0) is 14.4. The molecule has 0 saturated heterocycles. The maximum Gasteiger partial charge on any atom is 0.328 e. The first-order valence-corrected chi connectivity index (χ1v) is 6.80. The minimum Gasteiger partial charge on any atom is -0.478 e. The van der Waals surface area contributed by atoms with Crippen LogP contribution in [0.2, 0.25) is 0 Å². The lowest BCUT2D eigenvalue weighted by molar-refractivity contribution is -0.131. The Balaban J connectivity index is 2.40. The number of carbonyl (C=O) groups is 1. The van der Waals surface area contributed by atoms with Crippen molar-refractivity contribution in [3.8, 4) is 0 Å². The van der Waals surface area contributed by atoms with E-state index in [0.29, 0.717) is 0 Å². The zero-order valence-electron chi connectivity index (χ0n) is 11.5. The lowest BCUT2D eigenvalue weighted by Gasteiger charge is -2.08. The highest BCUT2D eigenvalue weighted by atomic mass is 16.4. The second kappa shape index (κ2) is 6.71. The van der Waals surface area contributed by atoms with Crippen molar-refractivity contribution < 1.29 is 9.90 Å². The van der Waals surface area contributed by atoms with Crippen LogP contribution >= 0.6 is 0 Å². The van der Waals surface area contributed by atoms with Crippen LogP contribution in [0.25, 0.3) is 5.57 Å². The summed E-state index contributed by atoms with van der Waals surface area (Å²) in [5.74, 6) is -0.929. The van der Waals surface area contributed by atoms with Crippen LogP contribution in [0.3, 0.4) is 0 Å². The van der Waals surface area contributed by atoms with E-state index in [9.17, 15) is 4.79 Å². The van der Waals surface area contributed by atoms with Crippen LogP contribution in [0.5, 0.6) is 0 Å². The average molecular weight is 266 g/mol. The van der Waals surface area contributed by atoms with Gasteiger partial charge in [-0.2, -0.15) is 0 Å². The van der Waals surface area contributed by atoms with Gasteiger partial charge in [0.2, 0.25) is 0 Å². The van der Waals surface area contributed by atoms with Crippen molar-refractivity contribution in [3.05, 3.63) is 77.4 Å². The molecule has 20 heavy (non-hydrogen) atoms. The van der Waals surface area contributed by atoms with Crippen molar-refractivity contribution in [1.29, 1.82) is 0 Å². The Labute approximate surface area is 119 Å². The van der Waals surface area contributed by atoms with Crippen LogP contribution in [-0.4, -0.2) is 11.1 Å². The molecule has 2 aromatic carbocycles. The smallest absolute Gasteiger partial charge is 0.328 e. The highest BCUT2D eigenvalue weighted by molar-refractivity contribution is 5.95. The Bertz CT molecular complexity index is 595. The highest BCUT2D eigenvalue weighted by Crippen LogP contribution is 2.23. The van der Waals surface area contributed by atoms with Crippen molar-refractivity contribution in [2.45, 2.75) is 19.8 Å². The average Bonchev–Trinajstić information content (AvgIpc) is 2.47. The number of aliphatic carboxylic acids is 1. The van der Waals surface area contributed by atoms with E-state index in [1.807, 2.05) is 42.5 Å². The van der Waals surface area contributed by atoms with Crippen molar-refractivity contribution in [3.63, 3.8) is 0 Å². The predicted molar refractivity (Wildman–Crippen MR) is 81.6 cm³/mol. The SMILES string of the molecule is CCCc1ccc(/C(=C/C(=O)O)c2ccccc2)cc1. The van der Waals surface area contributed by atoms with Crippen molar-refractivity contribution >= 4 is 11.5 Å². The number of carboxylic acids is 1. The Morgan fingerprint density at radius 1 is 1.00 bits per heavy atom. The molecule has 1 N–H and O–H groups in total. The van der Waals surface area contributed by atoms with Gasteiger partial charge in [-0.1, -0.05) is 67.9 Å². The quantitative estimate of drug-likeness (QED) is 0.825. The van der Waals surface area contributed by atoms with Gasteiger partial charge in [0.1, 0.15) is 0 Å². The van der Waals surface area contributed by atoms with E-state index in [1.54, 1.807) is 0 Å². The molecule has 0 heterocycles. The maximum absolute atomic E-state index is 11.0. The summed E-state index contributed by atoms with van der Waals surface area (Å²) in [6, 6.07) is 17.7. The van der Waals surface area contributed by atoms with E-state index >= 15 is 0 Å². The van der Waals surface area contributed by atoms with Crippen LogP contribution in [0.1, 0.15) is 30.0 Å². The largest absolute Gasteiger partial charge is 0.478 e. The van der Waals surface area contributed by atoms with Gasteiger partial charge in [0.05, 0.1) is 0 Å². The van der Waals surface area contributed by atoms with Gasteiger partial charge in [-0.3, -0.25) is 0 Å². The number of benzene rings is 2. The number of hydrogen-bond donors (Lipinski definition) is 1. The lowest BCUT2D eigenvalue weighted by Crippen LogP contribution is -1.95. The molecule has 102 valence electrons. The van der Waals surface area contributed by atoms with Gasteiger partial charge in [-0.15, -0.1) is 0 Å². The Morgan fingerprint density at radius 3 is 2.15 bits per heavy atom. The molecular formula is C18H18O2. The van der Waals surface area contributed by atoms with Crippen molar-refractivity contribution in [1.82, 2.24) is 0 Å². The molecule has 2 aromatic rings. The van der Waals surface area contributed by atoms with Crippen LogP contribution in [-0.2, 0) is 11.2 Å². The van der Waals surface area contributed by atoms with E-state index in [2.05, 4.69) is 19.1 Å². The van der Waals surface area contributed by atoms with Gasteiger partial charge in [0.15, 0.2) is 0 Å². The molecule has 0 amide bonds. The van der Waals surface area contributed by atoms with E-state index in [-0.39, 0.29) is 0 Å². The molecule has 0 spiro atoms. The fourth-order valence-corrected chi connectivity index (χ4v) is 2.21. The fourth-order valence-electron chi connectivity index (χ4n) is 2.21. The molecule has 0 aliphatic rings. The molecule has 0 aliphatic heterocycles. The third-order valence-electron chi connectivity index (χ3n) is 3.16. The Kier molecular flexibility index (Phi) is 4.72. The maximum atomic E-state index is 11.0. The van der Waals surface area contributed by atoms with Crippen molar-refractivity contribution in [2.24, 2.45) is 0 Å². The van der Waals surface area contributed by atoms with E-state index in [0.717, 1.165) is 29.5 Å². The first-order chi connectivity index (χ1) is 9.70. The normalized spacial score (nSPS) is 11.3. The second-order valence-electron chi connectivity index (χ2n) is 4.71. The van der Waals surface area contributed by atoms with E-state index in [1.165, 1.54) is 11.6 Å². The molecule has 0 aliphatic carbocycles. The van der Waals surface area contributed by atoms with Gasteiger partial charge in [0, 0.05) is 6.08 Å². The van der Waals surface area contributed by atoms with E-state index in [4.69, 9.17) is 5.11 Å². The van der Waals surface area contributed by atoms with Crippen LogP contribution < -0.4 is 0 Å². The van der Waals surface area contributed by atoms with Crippen LogP contribution in [0.15, 0.2) is 60.7 Å². The third kappa shape index (κ3) is 3.58.